The molecule has 1 aliphatic heterocycles. The Morgan fingerprint density at radius 1 is 0.879 bits per heavy atom. The average Bonchev–Trinajstić information content (AvgIpc) is 2.77. The van der Waals surface area contributed by atoms with Crippen molar-refractivity contribution in [3.8, 4) is 0 Å². The predicted molar refractivity (Wildman–Crippen MR) is 140 cm³/mol. The number of ether oxygens (including phenoxy) is 1. The summed E-state index contributed by atoms with van der Waals surface area (Å²) in [7, 11) is 0. The number of carbonyl (C=O) groups is 1. The molecular weight excluding hydrogens is 414 g/mol. The van der Waals surface area contributed by atoms with E-state index < -0.39 is 12.1 Å². The van der Waals surface area contributed by atoms with E-state index in [-0.39, 0.29) is 0 Å². The van der Waals surface area contributed by atoms with Crippen molar-refractivity contribution in [2.24, 2.45) is 5.92 Å². The van der Waals surface area contributed by atoms with Crippen LogP contribution in [0.3, 0.4) is 0 Å². The summed E-state index contributed by atoms with van der Waals surface area (Å²) in [6, 6.07) is 0.698. The molecule has 5 nitrogen and oxygen atoms in total. The zero-order valence-corrected chi connectivity index (χ0v) is 22.5. The van der Waals surface area contributed by atoms with Crippen molar-refractivity contribution in [3.63, 3.8) is 0 Å². The molecule has 198 valence electrons. The predicted octanol–water partition coefficient (Wildman–Crippen LogP) is 7.06. The summed E-state index contributed by atoms with van der Waals surface area (Å²) in [4.78, 5) is 12.1. The molecule has 0 saturated carbocycles. The smallest absolute Gasteiger partial charge is 0.332 e. The molecule has 1 saturated heterocycles. The van der Waals surface area contributed by atoms with Gasteiger partial charge in [0.25, 0.3) is 0 Å². The number of aliphatic hydroxyl groups is 1. The fraction of sp³-hybridized carbons (Fsp3) is 0.964. The van der Waals surface area contributed by atoms with Crippen molar-refractivity contribution in [2.45, 2.75) is 143 Å². The zero-order valence-electron chi connectivity index (χ0n) is 22.5. The third kappa shape index (κ3) is 21.6. The summed E-state index contributed by atoms with van der Waals surface area (Å²) in [5.41, 5.74) is 0. The Hall–Kier alpha value is -0.650. The molecule has 1 fully saturated rings. The lowest BCUT2D eigenvalue weighted by Crippen LogP contribution is -2.45. The number of carboxylic acids is 1. The van der Waals surface area contributed by atoms with Crippen molar-refractivity contribution in [1.82, 2.24) is 4.90 Å². The number of hydrogen-bond acceptors (Lipinski definition) is 4. The van der Waals surface area contributed by atoms with Gasteiger partial charge in [0.1, 0.15) is 6.10 Å². The van der Waals surface area contributed by atoms with E-state index in [4.69, 9.17) is 14.9 Å². The SMILES string of the molecule is CC(O)C(=O)O.CCCN1CCOCC1CCCCCCCCCCCCCCCC(C)C. The van der Waals surface area contributed by atoms with Gasteiger partial charge >= 0.3 is 5.97 Å². The molecule has 1 heterocycles. The van der Waals surface area contributed by atoms with Crippen LogP contribution < -0.4 is 0 Å². The number of morpholine rings is 1. The quantitative estimate of drug-likeness (QED) is 0.197. The van der Waals surface area contributed by atoms with Gasteiger partial charge in [-0.15, -0.1) is 0 Å². The molecule has 1 rings (SSSR count). The van der Waals surface area contributed by atoms with Gasteiger partial charge in [0.15, 0.2) is 0 Å². The Morgan fingerprint density at radius 2 is 1.33 bits per heavy atom. The largest absolute Gasteiger partial charge is 0.479 e. The first-order chi connectivity index (χ1) is 15.9. The molecule has 0 aromatic heterocycles. The number of hydrogen-bond donors (Lipinski definition) is 2. The standard InChI is InChI=1S/C25H51NO.C3H6O3/c1-4-20-26-21-22-27-23-25(26)19-17-15-13-11-9-7-5-6-8-10-12-14-16-18-24(2)3;1-2(4)3(5)6/h24-25H,4-23H2,1-3H3;2,4H,1H3,(H,5,6). The maximum atomic E-state index is 9.45. The Labute approximate surface area is 205 Å². The summed E-state index contributed by atoms with van der Waals surface area (Å²) in [5.74, 6) is -0.294. The highest BCUT2D eigenvalue weighted by Gasteiger charge is 2.21. The summed E-state index contributed by atoms with van der Waals surface area (Å²) in [6.07, 6.45) is 21.7. The van der Waals surface area contributed by atoms with E-state index in [2.05, 4.69) is 25.7 Å². The maximum absolute atomic E-state index is 9.45. The second kappa shape index (κ2) is 23.1. The molecule has 33 heavy (non-hydrogen) atoms. The summed E-state index contributed by atoms with van der Waals surface area (Å²) < 4.78 is 5.70. The Kier molecular flexibility index (Phi) is 22.7. The van der Waals surface area contributed by atoms with Crippen LogP contribution in [-0.4, -0.2) is 59.5 Å². The van der Waals surface area contributed by atoms with E-state index >= 15 is 0 Å². The molecule has 0 amide bonds. The van der Waals surface area contributed by atoms with Crippen molar-refractivity contribution in [3.05, 3.63) is 0 Å². The minimum Gasteiger partial charge on any atom is -0.479 e. The highest BCUT2D eigenvalue weighted by atomic mass is 16.5. The molecular formula is C28H57NO4. The number of unbranched alkanes of at least 4 members (excludes halogenated alkanes) is 12. The minimum atomic E-state index is -1.23. The average molecular weight is 472 g/mol. The summed E-state index contributed by atoms with van der Waals surface area (Å²) in [6.45, 7) is 12.5. The highest BCUT2D eigenvalue weighted by molar-refractivity contribution is 5.71. The van der Waals surface area contributed by atoms with Crippen LogP contribution in [0.1, 0.15) is 130 Å². The lowest BCUT2D eigenvalue weighted by Gasteiger charge is -2.35. The fourth-order valence-electron chi connectivity index (χ4n) is 4.41. The molecule has 0 aromatic carbocycles. The normalized spacial score (nSPS) is 17.6. The van der Waals surface area contributed by atoms with E-state index in [0.29, 0.717) is 6.04 Å². The second-order valence-corrected chi connectivity index (χ2v) is 10.3. The first-order valence-electron chi connectivity index (χ1n) is 14.1. The van der Waals surface area contributed by atoms with Crippen molar-refractivity contribution < 1.29 is 19.7 Å². The van der Waals surface area contributed by atoms with Crippen LogP contribution in [0.4, 0.5) is 0 Å². The molecule has 0 spiro atoms. The van der Waals surface area contributed by atoms with E-state index in [1.165, 1.54) is 116 Å². The molecule has 2 unspecified atom stereocenters. The van der Waals surface area contributed by atoms with Crippen molar-refractivity contribution in [1.29, 1.82) is 0 Å². The third-order valence-electron chi connectivity index (χ3n) is 6.54. The summed E-state index contributed by atoms with van der Waals surface area (Å²) >= 11 is 0. The maximum Gasteiger partial charge on any atom is 0.332 e. The summed E-state index contributed by atoms with van der Waals surface area (Å²) in [5, 5.41) is 15.8. The van der Waals surface area contributed by atoms with Gasteiger partial charge in [0.2, 0.25) is 0 Å². The van der Waals surface area contributed by atoms with Crippen LogP contribution in [0, 0.1) is 5.92 Å². The zero-order chi connectivity index (χ0) is 24.7. The molecule has 1 aliphatic rings. The van der Waals surface area contributed by atoms with Crippen LogP contribution in [0.2, 0.25) is 0 Å². The second-order valence-electron chi connectivity index (χ2n) is 10.3. The molecule has 2 N–H and O–H groups in total. The molecule has 2 atom stereocenters. The van der Waals surface area contributed by atoms with Crippen LogP contribution in [-0.2, 0) is 9.53 Å². The van der Waals surface area contributed by atoms with E-state index in [1.54, 1.807) is 0 Å². The Bertz CT molecular complexity index is 426. The van der Waals surface area contributed by atoms with Gasteiger partial charge in [-0.25, -0.2) is 4.79 Å². The number of carboxylic acid groups (broad SMARTS) is 1. The topological polar surface area (TPSA) is 70.0 Å². The van der Waals surface area contributed by atoms with Crippen LogP contribution in [0.15, 0.2) is 0 Å². The van der Waals surface area contributed by atoms with Gasteiger partial charge in [0, 0.05) is 12.6 Å². The highest BCUT2D eigenvalue weighted by Crippen LogP contribution is 2.17. The van der Waals surface area contributed by atoms with Gasteiger partial charge in [-0.3, -0.25) is 4.90 Å². The molecule has 0 bridgehead atoms. The van der Waals surface area contributed by atoms with Gasteiger partial charge in [-0.05, 0) is 32.2 Å². The first-order valence-corrected chi connectivity index (χ1v) is 14.1. The number of aliphatic hydroxyl groups excluding tert-OH is 1. The fourth-order valence-corrected chi connectivity index (χ4v) is 4.41. The lowest BCUT2D eigenvalue weighted by molar-refractivity contribution is -0.145. The van der Waals surface area contributed by atoms with Gasteiger partial charge in [0.05, 0.1) is 13.2 Å². The Morgan fingerprint density at radius 3 is 1.76 bits per heavy atom. The van der Waals surface area contributed by atoms with E-state index in [0.717, 1.165) is 25.7 Å². The molecule has 0 radical (unpaired) electrons. The van der Waals surface area contributed by atoms with Crippen LogP contribution in [0.25, 0.3) is 0 Å². The van der Waals surface area contributed by atoms with Crippen LogP contribution >= 0.6 is 0 Å². The minimum absolute atomic E-state index is 0.698. The number of nitrogens with zero attached hydrogens (tertiary/aromatic N) is 1. The van der Waals surface area contributed by atoms with Gasteiger partial charge in [-0.1, -0.05) is 111 Å². The molecule has 5 heteroatoms. The first kappa shape index (κ1) is 32.4. The third-order valence-corrected chi connectivity index (χ3v) is 6.54. The monoisotopic (exact) mass is 471 g/mol. The van der Waals surface area contributed by atoms with E-state index in [1.807, 2.05) is 0 Å². The number of aliphatic carboxylic acids is 1. The number of rotatable bonds is 19. The van der Waals surface area contributed by atoms with E-state index in [9.17, 15) is 4.79 Å². The Balaban J connectivity index is 0.00000150. The lowest BCUT2D eigenvalue weighted by atomic mass is 10.0. The van der Waals surface area contributed by atoms with Gasteiger partial charge in [-0.2, -0.15) is 0 Å². The van der Waals surface area contributed by atoms with Crippen molar-refractivity contribution >= 4 is 5.97 Å². The molecule has 0 aromatic rings. The van der Waals surface area contributed by atoms with Gasteiger partial charge < -0.3 is 14.9 Å². The van der Waals surface area contributed by atoms with Crippen LogP contribution in [0.5, 0.6) is 0 Å². The molecule has 0 aliphatic carbocycles. The van der Waals surface area contributed by atoms with Crippen molar-refractivity contribution in [2.75, 3.05) is 26.3 Å².